The van der Waals surface area contributed by atoms with Crippen molar-refractivity contribution < 1.29 is 0 Å². The Morgan fingerprint density at radius 2 is 1.74 bits per heavy atom. The second kappa shape index (κ2) is 4.78. The van der Waals surface area contributed by atoms with Crippen LogP contribution in [0.25, 0.3) is 0 Å². The molecule has 6 unspecified atom stereocenters. The van der Waals surface area contributed by atoms with Crippen molar-refractivity contribution in [2.75, 3.05) is 0 Å². The van der Waals surface area contributed by atoms with E-state index in [1.54, 1.807) is 12.8 Å². The molecule has 6 atom stereocenters. The fraction of sp³-hybridized carbons (Fsp3) is 1.00. The van der Waals surface area contributed by atoms with Gasteiger partial charge in [-0.25, -0.2) is 0 Å². The average Bonchev–Trinajstić information content (AvgIpc) is 2.38. The molecule has 3 saturated carbocycles. The third-order valence-electron chi connectivity index (χ3n) is 7.84. The quantitative estimate of drug-likeness (QED) is 0.539. The van der Waals surface area contributed by atoms with E-state index in [4.69, 9.17) is 0 Å². The van der Waals surface area contributed by atoms with Gasteiger partial charge in [-0.1, -0.05) is 47.0 Å². The first-order valence-corrected chi connectivity index (χ1v) is 8.98. The van der Waals surface area contributed by atoms with Gasteiger partial charge < -0.3 is 0 Å². The molecule has 3 aliphatic carbocycles. The molecule has 0 heterocycles. The lowest BCUT2D eigenvalue weighted by molar-refractivity contribution is -0.0967. The molecule has 3 rings (SSSR count). The summed E-state index contributed by atoms with van der Waals surface area (Å²) < 4.78 is 0. The van der Waals surface area contributed by atoms with Gasteiger partial charge in [-0.05, 0) is 73.0 Å². The van der Waals surface area contributed by atoms with Crippen LogP contribution >= 0.6 is 0 Å². The van der Waals surface area contributed by atoms with Crippen molar-refractivity contribution in [3.63, 3.8) is 0 Å². The van der Waals surface area contributed by atoms with Crippen LogP contribution in [0.15, 0.2) is 0 Å². The SMILES string of the molecule is CCC1(C)CCC2C(CCC3C(C)CCCC32C)C1. The van der Waals surface area contributed by atoms with E-state index in [9.17, 15) is 0 Å². The van der Waals surface area contributed by atoms with Gasteiger partial charge >= 0.3 is 0 Å². The Morgan fingerprint density at radius 1 is 0.947 bits per heavy atom. The van der Waals surface area contributed by atoms with Gasteiger partial charge in [0.15, 0.2) is 0 Å². The van der Waals surface area contributed by atoms with E-state index in [2.05, 4.69) is 27.7 Å². The maximum Gasteiger partial charge on any atom is -0.0264 e. The van der Waals surface area contributed by atoms with Crippen molar-refractivity contribution in [2.45, 2.75) is 85.5 Å². The van der Waals surface area contributed by atoms with Crippen molar-refractivity contribution in [1.82, 2.24) is 0 Å². The molecule has 0 aromatic heterocycles. The van der Waals surface area contributed by atoms with Crippen molar-refractivity contribution in [3.05, 3.63) is 0 Å². The van der Waals surface area contributed by atoms with Crippen molar-refractivity contribution in [2.24, 2.45) is 34.5 Å². The lowest BCUT2D eigenvalue weighted by Crippen LogP contribution is -2.51. The normalized spacial score (nSPS) is 54.3. The number of hydrogen-bond acceptors (Lipinski definition) is 0. The van der Waals surface area contributed by atoms with Crippen LogP contribution in [0.2, 0.25) is 0 Å². The van der Waals surface area contributed by atoms with Gasteiger partial charge in [0.2, 0.25) is 0 Å². The highest BCUT2D eigenvalue weighted by Gasteiger charge is 2.53. The molecule has 3 aliphatic rings. The predicted octanol–water partition coefficient (Wildman–Crippen LogP) is 6.06. The van der Waals surface area contributed by atoms with Crippen LogP contribution in [0.5, 0.6) is 0 Å². The van der Waals surface area contributed by atoms with E-state index in [1.807, 2.05) is 0 Å². The molecular formula is C19H34. The van der Waals surface area contributed by atoms with Gasteiger partial charge in [0.05, 0.1) is 0 Å². The maximum absolute atomic E-state index is 2.68. The molecule has 0 N–H and O–H groups in total. The summed E-state index contributed by atoms with van der Waals surface area (Å²) in [5.41, 5.74) is 1.38. The lowest BCUT2D eigenvalue weighted by atomic mass is 9.46. The van der Waals surface area contributed by atoms with Crippen LogP contribution in [0.3, 0.4) is 0 Å². The van der Waals surface area contributed by atoms with Crippen molar-refractivity contribution in [1.29, 1.82) is 0 Å². The molecule has 3 fully saturated rings. The molecule has 0 aromatic rings. The van der Waals surface area contributed by atoms with Gasteiger partial charge in [0.25, 0.3) is 0 Å². The number of fused-ring (bicyclic) bond motifs is 3. The van der Waals surface area contributed by atoms with Crippen LogP contribution in [-0.2, 0) is 0 Å². The molecule has 0 amide bonds. The second-order valence-electron chi connectivity index (χ2n) is 8.83. The van der Waals surface area contributed by atoms with E-state index in [-0.39, 0.29) is 0 Å². The molecule has 19 heavy (non-hydrogen) atoms. The van der Waals surface area contributed by atoms with Gasteiger partial charge in [0, 0.05) is 0 Å². The molecule has 0 aromatic carbocycles. The summed E-state index contributed by atoms with van der Waals surface area (Å²) in [5.74, 6) is 4.17. The van der Waals surface area contributed by atoms with Gasteiger partial charge in [-0.2, -0.15) is 0 Å². The molecule has 0 aliphatic heterocycles. The molecule has 0 radical (unpaired) electrons. The van der Waals surface area contributed by atoms with E-state index < -0.39 is 0 Å². The topological polar surface area (TPSA) is 0 Å². The summed E-state index contributed by atoms with van der Waals surface area (Å²) in [5, 5.41) is 0. The molecule has 0 bridgehead atoms. The molecule has 0 heteroatoms. The zero-order valence-corrected chi connectivity index (χ0v) is 13.7. The first kappa shape index (κ1) is 14.0. The molecule has 0 saturated heterocycles. The summed E-state index contributed by atoms with van der Waals surface area (Å²) >= 11 is 0. The molecule has 110 valence electrons. The van der Waals surface area contributed by atoms with Gasteiger partial charge in [-0.15, -0.1) is 0 Å². The summed E-state index contributed by atoms with van der Waals surface area (Å²) in [6, 6.07) is 0. The van der Waals surface area contributed by atoms with Gasteiger partial charge in [-0.3, -0.25) is 0 Å². The fourth-order valence-electron chi connectivity index (χ4n) is 6.42. The largest absolute Gasteiger partial charge is 0.0649 e. The molecule has 0 nitrogen and oxygen atoms in total. The Hall–Kier alpha value is 0. The highest BCUT2D eigenvalue weighted by Crippen LogP contribution is 2.62. The van der Waals surface area contributed by atoms with Crippen molar-refractivity contribution >= 4 is 0 Å². The smallest absolute Gasteiger partial charge is 0.0264 e. The predicted molar refractivity (Wildman–Crippen MR) is 83.1 cm³/mol. The monoisotopic (exact) mass is 262 g/mol. The summed E-state index contributed by atoms with van der Waals surface area (Å²) in [4.78, 5) is 0. The maximum atomic E-state index is 2.68. The lowest BCUT2D eigenvalue weighted by Gasteiger charge is -2.59. The number of hydrogen-bond donors (Lipinski definition) is 0. The minimum Gasteiger partial charge on any atom is -0.0649 e. The zero-order valence-electron chi connectivity index (χ0n) is 13.7. The zero-order chi connectivity index (χ0) is 13.7. The Bertz CT molecular complexity index is 333. The van der Waals surface area contributed by atoms with E-state index >= 15 is 0 Å². The summed E-state index contributed by atoms with van der Waals surface area (Å²) in [6.45, 7) is 10.2. The van der Waals surface area contributed by atoms with Crippen molar-refractivity contribution in [3.8, 4) is 0 Å². The van der Waals surface area contributed by atoms with E-state index in [1.165, 1.54) is 44.9 Å². The summed E-state index contributed by atoms with van der Waals surface area (Å²) in [7, 11) is 0. The highest BCUT2D eigenvalue weighted by molar-refractivity contribution is 5.03. The highest BCUT2D eigenvalue weighted by atomic mass is 14.6. The minimum atomic E-state index is 0.671. The Balaban J connectivity index is 1.82. The standard InChI is InChI=1S/C19H34/c1-5-18(3)12-10-17-15(13-18)8-9-16-14(2)7-6-11-19(16,17)4/h14-17H,5-13H2,1-4H3. The number of rotatable bonds is 1. The Morgan fingerprint density at radius 3 is 2.47 bits per heavy atom. The van der Waals surface area contributed by atoms with Crippen LogP contribution in [0.1, 0.15) is 85.5 Å². The second-order valence-corrected chi connectivity index (χ2v) is 8.83. The molecular weight excluding hydrogens is 228 g/mol. The average molecular weight is 262 g/mol. The van der Waals surface area contributed by atoms with Crippen LogP contribution in [0.4, 0.5) is 0 Å². The van der Waals surface area contributed by atoms with Gasteiger partial charge in [0.1, 0.15) is 0 Å². The third-order valence-corrected chi connectivity index (χ3v) is 7.84. The molecule has 0 spiro atoms. The van der Waals surface area contributed by atoms with E-state index in [0.717, 1.165) is 23.7 Å². The fourth-order valence-corrected chi connectivity index (χ4v) is 6.42. The third kappa shape index (κ3) is 2.18. The Kier molecular flexibility index (Phi) is 3.51. The van der Waals surface area contributed by atoms with Crippen LogP contribution < -0.4 is 0 Å². The Labute approximate surface area is 120 Å². The summed E-state index contributed by atoms with van der Waals surface area (Å²) in [6.07, 6.45) is 13.6. The van der Waals surface area contributed by atoms with Crippen LogP contribution in [0, 0.1) is 34.5 Å². The minimum absolute atomic E-state index is 0.671. The van der Waals surface area contributed by atoms with Crippen LogP contribution in [-0.4, -0.2) is 0 Å². The van der Waals surface area contributed by atoms with E-state index in [0.29, 0.717) is 10.8 Å². The first-order valence-electron chi connectivity index (χ1n) is 8.98. The first-order chi connectivity index (χ1) is 8.98.